The van der Waals surface area contributed by atoms with Crippen molar-refractivity contribution in [3.05, 3.63) is 131 Å². The number of rotatable bonds is 14. The number of carboxylic acids is 2. The van der Waals surface area contributed by atoms with Gasteiger partial charge in [-0.05, 0) is 65.6 Å². The maximum absolute atomic E-state index is 11.2. The molecule has 40 heavy (non-hydrogen) atoms. The molecule has 0 amide bonds. The van der Waals surface area contributed by atoms with E-state index < -0.39 is 11.9 Å². The molecule has 0 saturated heterocycles. The number of aromatic carboxylic acids is 1. The fourth-order valence-electron chi connectivity index (χ4n) is 4.61. The van der Waals surface area contributed by atoms with Crippen LogP contribution in [-0.4, -0.2) is 22.2 Å². The van der Waals surface area contributed by atoms with Gasteiger partial charge in [0.05, 0.1) is 5.56 Å². The highest BCUT2D eigenvalue weighted by Crippen LogP contribution is 2.25. The molecule has 0 aliphatic carbocycles. The van der Waals surface area contributed by atoms with Crippen molar-refractivity contribution in [2.24, 2.45) is 5.92 Å². The monoisotopic (exact) mass is 534 g/mol. The molecule has 0 heterocycles. The van der Waals surface area contributed by atoms with Crippen LogP contribution in [0.4, 0.5) is 0 Å². The zero-order valence-electron chi connectivity index (χ0n) is 22.4. The van der Waals surface area contributed by atoms with E-state index in [-0.39, 0.29) is 17.9 Å². The van der Waals surface area contributed by atoms with Crippen molar-refractivity contribution >= 4 is 18.0 Å². The maximum atomic E-state index is 11.2. The molecule has 0 aliphatic rings. The van der Waals surface area contributed by atoms with Crippen LogP contribution in [0.1, 0.15) is 52.7 Å². The van der Waals surface area contributed by atoms with E-state index in [0.29, 0.717) is 13.0 Å². The van der Waals surface area contributed by atoms with Crippen molar-refractivity contribution in [2.45, 2.75) is 38.7 Å². The average Bonchev–Trinajstić information content (AvgIpc) is 2.98. The van der Waals surface area contributed by atoms with E-state index in [0.717, 1.165) is 41.7 Å². The lowest BCUT2D eigenvalue weighted by Crippen LogP contribution is -2.04. The Bertz CT molecular complexity index is 1410. The van der Waals surface area contributed by atoms with Gasteiger partial charge in [0.1, 0.15) is 12.4 Å². The molecular formula is C35H34O5. The second-order valence-electron chi connectivity index (χ2n) is 9.85. The van der Waals surface area contributed by atoms with Gasteiger partial charge in [-0.15, -0.1) is 0 Å². The van der Waals surface area contributed by atoms with Gasteiger partial charge >= 0.3 is 11.9 Å². The average molecular weight is 535 g/mol. The van der Waals surface area contributed by atoms with E-state index >= 15 is 0 Å². The van der Waals surface area contributed by atoms with Crippen molar-refractivity contribution in [2.75, 3.05) is 0 Å². The topological polar surface area (TPSA) is 83.8 Å². The minimum absolute atomic E-state index is 0.159. The fourth-order valence-corrected chi connectivity index (χ4v) is 4.61. The minimum Gasteiger partial charge on any atom is -0.488 e. The van der Waals surface area contributed by atoms with E-state index in [9.17, 15) is 14.7 Å². The highest BCUT2D eigenvalue weighted by Gasteiger charge is 2.10. The summed E-state index contributed by atoms with van der Waals surface area (Å²) >= 11 is 0. The second kappa shape index (κ2) is 14.5. The summed E-state index contributed by atoms with van der Waals surface area (Å²) in [4.78, 5) is 22.1. The molecule has 4 aromatic carbocycles. The van der Waals surface area contributed by atoms with Gasteiger partial charge in [0.25, 0.3) is 0 Å². The SMILES string of the molecule is O=C(O)CCCCC(/C=C/c1ccccc1OCc1ccc(-c2ccccc2)cc1)Cc1ccc(C(=O)O)cc1. The zero-order chi connectivity index (χ0) is 28.2. The van der Waals surface area contributed by atoms with Crippen LogP contribution < -0.4 is 4.74 Å². The number of benzene rings is 4. The maximum Gasteiger partial charge on any atom is 0.335 e. The summed E-state index contributed by atoms with van der Waals surface area (Å²) in [6.07, 6.45) is 7.38. The summed E-state index contributed by atoms with van der Waals surface area (Å²) in [5.41, 5.74) is 5.71. The second-order valence-corrected chi connectivity index (χ2v) is 9.85. The number of carbonyl (C=O) groups is 2. The van der Waals surface area contributed by atoms with Crippen molar-refractivity contribution in [3.8, 4) is 16.9 Å². The predicted molar refractivity (Wildman–Crippen MR) is 158 cm³/mol. The Morgan fingerprint density at radius 1 is 0.725 bits per heavy atom. The van der Waals surface area contributed by atoms with Crippen molar-refractivity contribution < 1.29 is 24.5 Å². The lowest BCUT2D eigenvalue weighted by molar-refractivity contribution is -0.137. The van der Waals surface area contributed by atoms with Gasteiger partial charge in [-0.2, -0.15) is 0 Å². The Labute approximate surface area is 235 Å². The normalized spacial score (nSPS) is 11.8. The number of unbranched alkanes of at least 4 members (excludes halogenated alkanes) is 1. The van der Waals surface area contributed by atoms with Gasteiger partial charge in [-0.25, -0.2) is 4.79 Å². The van der Waals surface area contributed by atoms with Crippen LogP contribution in [0.15, 0.2) is 109 Å². The first-order valence-corrected chi connectivity index (χ1v) is 13.6. The van der Waals surface area contributed by atoms with Crippen molar-refractivity contribution in [1.82, 2.24) is 0 Å². The van der Waals surface area contributed by atoms with Gasteiger partial charge in [0.2, 0.25) is 0 Å². The largest absolute Gasteiger partial charge is 0.488 e. The number of carboxylic acid groups (broad SMARTS) is 2. The molecule has 0 bridgehead atoms. The van der Waals surface area contributed by atoms with Gasteiger partial charge in [0, 0.05) is 12.0 Å². The molecule has 204 valence electrons. The molecule has 2 N–H and O–H groups in total. The van der Waals surface area contributed by atoms with Crippen LogP contribution in [0.3, 0.4) is 0 Å². The third-order valence-corrected chi connectivity index (χ3v) is 6.84. The summed E-state index contributed by atoms with van der Waals surface area (Å²) in [5.74, 6) is -0.762. The fraction of sp³-hybridized carbons (Fsp3) is 0.200. The van der Waals surface area contributed by atoms with Gasteiger partial charge in [-0.1, -0.05) is 104 Å². The first-order chi connectivity index (χ1) is 19.5. The van der Waals surface area contributed by atoms with Crippen LogP contribution in [-0.2, 0) is 17.8 Å². The smallest absolute Gasteiger partial charge is 0.335 e. The van der Waals surface area contributed by atoms with E-state index in [4.69, 9.17) is 9.84 Å². The number of ether oxygens (including phenoxy) is 1. The number of para-hydroxylation sites is 1. The van der Waals surface area contributed by atoms with Crippen LogP contribution >= 0.6 is 0 Å². The summed E-state index contributed by atoms with van der Waals surface area (Å²) in [5, 5.41) is 18.2. The number of allylic oxidation sites excluding steroid dienone is 1. The summed E-state index contributed by atoms with van der Waals surface area (Å²) in [6.45, 7) is 0.453. The quantitative estimate of drug-likeness (QED) is 0.160. The molecule has 0 fully saturated rings. The Morgan fingerprint density at radius 2 is 1.38 bits per heavy atom. The molecule has 0 radical (unpaired) electrons. The lowest BCUT2D eigenvalue weighted by atomic mass is 9.92. The molecule has 0 saturated carbocycles. The zero-order valence-corrected chi connectivity index (χ0v) is 22.4. The van der Waals surface area contributed by atoms with E-state index in [1.807, 2.05) is 54.6 Å². The Kier molecular flexibility index (Phi) is 10.3. The summed E-state index contributed by atoms with van der Waals surface area (Å²) in [7, 11) is 0. The van der Waals surface area contributed by atoms with Gasteiger partial charge < -0.3 is 14.9 Å². The van der Waals surface area contributed by atoms with Crippen LogP contribution in [0.25, 0.3) is 17.2 Å². The third kappa shape index (κ3) is 8.70. The van der Waals surface area contributed by atoms with Crippen LogP contribution in [0, 0.1) is 5.92 Å². The minimum atomic E-state index is -0.944. The lowest BCUT2D eigenvalue weighted by Gasteiger charge is -2.14. The molecule has 4 rings (SSSR count). The highest BCUT2D eigenvalue weighted by molar-refractivity contribution is 5.87. The third-order valence-electron chi connectivity index (χ3n) is 6.84. The number of hydrogen-bond donors (Lipinski definition) is 2. The molecule has 4 aromatic rings. The van der Waals surface area contributed by atoms with Crippen LogP contribution in [0.5, 0.6) is 5.75 Å². The Hall–Kier alpha value is -4.64. The summed E-state index contributed by atoms with van der Waals surface area (Å²) < 4.78 is 6.21. The molecule has 0 aromatic heterocycles. The molecular weight excluding hydrogens is 500 g/mol. The van der Waals surface area contributed by atoms with Gasteiger partial charge in [0.15, 0.2) is 0 Å². The van der Waals surface area contributed by atoms with E-state index in [1.54, 1.807) is 12.1 Å². The highest BCUT2D eigenvalue weighted by atomic mass is 16.5. The number of hydrogen-bond acceptors (Lipinski definition) is 3. The van der Waals surface area contributed by atoms with Crippen LogP contribution in [0.2, 0.25) is 0 Å². The molecule has 0 spiro atoms. The molecule has 5 heteroatoms. The number of aliphatic carboxylic acids is 1. The van der Waals surface area contributed by atoms with E-state index in [1.165, 1.54) is 11.1 Å². The van der Waals surface area contributed by atoms with Gasteiger partial charge in [-0.3, -0.25) is 4.79 Å². The Morgan fingerprint density at radius 3 is 2.08 bits per heavy atom. The first-order valence-electron chi connectivity index (χ1n) is 13.6. The van der Waals surface area contributed by atoms with Crippen molar-refractivity contribution in [1.29, 1.82) is 0 Å². The first kappa shape index (κ1) is 28.4. The molecule has 1 unspecified atom stereocenters. The molecule has 5 nitrogen and oxygen atoms in total. The Balaban J connectivity index is 1.42. The van der Waals surface area contributed by atoms with Crippen molar-refractivity contribution in [3.63, 3.8) is 0 Å². The molecule has 0 aliphatic heterocycles. The van der Waals surface area contributed by atoms with E-state index in [2.05, 4.69) is 48.6 Å². The summed E-state index contributed by atoms with van der Waals surface area (Å²) in [6, 6.07) is 33.5. The molecule has 1 atom stereocenters. The standard InChI is InChI=1S/C35H34O5/c36-34(37)13-7-4-8-26(24-27-15-22-32(23-16-27)35(38)39)14-21-31-11-5-6-12-33(31)40-25-28-17-19-30(20-18-28)29-9-2-1-3-10-29/h1-3,5-6,9-12,14-23,26H,4,7-8,13,24-25H2,(H,36,37)(H,38,39)/b21-14+. The predicted octanol–water partition coefficient (Wildman–Crippen LogP) is 8.15.